The minimum absolute atomic E-state index is 0.154. The highest BCUT2D eigenvalue weighted by Gasteiger charge is 2.16. The molecule has 0 aliphatic carbocycles. The topological polar surface area (TPSA) is 94.9 Å². The predicted octanol–water partition coefficient (Wildman–Crippen LogP) is 1.75. The fraction of sp³-hybridized carbons (Fsp3) is 0.200. The van der Waals surface area contributed by atoms with E-state index in [1.165, 1.54) is 11.0 Å². The highest BCUT2D eigenvalue weighted by molar-refractivity contribution is 5.91. The van der Waals surface area contributed by atoms with E-state index in [0.717, 1.165) is 5.69 Å². The first-order chi connectivity index (χ1) is 11.3. The summed E-state index contributed by atoms with van der Waals surface area (Å²) in [5.74, 6) is -0.234. The van der Waals surface area contributed by atoms with E-state index in [9.17, 15) is 4.79 Å². The molecule has 1 aromatic carbocycles. The van der Waals surface area contributed by atoms with Crippen LogP contribution in [0.3, 0.4) is 0 Å². The van der Waals surface area contributed by atoms with Crippen molar-refractivity contribution in [2.45, 2.75) is 13.5 Å². The maximum atomic E-state index is 11.7. The number of para-hydroxylation sites is 1. The number of hydrogen-bond donors (Lipinski definition) is 1. The Morgan fingerprint density at radius 3 is 2.87 bits per heavy atom. The smallest absolute Gasteiger partial charge is 0.345 e. The standard InChI is InChI=1S/C15H15N5O3/c1-2-22-15(21)13-9-16-18-14(13)23-10-11-8-17-20(19-11)12-6-4-3-5-7-12/h3-9H,2,10H2,1H3,(H,16,18). The average molecular weight is 313 g/mol. The van der Waals surface area contributed by atoms with E-state index >= 15 is 0 Å². The molecule has 2 heterocycles. The molecule has 0 saturated heterocycles. The summed E-state index contributed by atoms with van der Waals surface area (Å²) in [6, 6.07) is 9.54. The Bertz CT molecular complexity index is 781. The molecule has 0 aliphatic heterocycles. The van der Waals surface area contributed by atoms with Crippen LogP contribution in [0.1, 0.15) is 23.0 Å². The number of aromatic amines is 1. The number of benzene rings is 1. The van der Waals surface area contributed by atoms with Crippen molar-refractivity contribution in [1.82, 2.24) is 25.2 Å². The van der Waals surface area contributed by atoms with Crippen molar-refractivity contribution >= 4 is 5.97 Å². The molecular formula is C15H15N5O3. The van der Waals surface area contributed by atoms with Gasteiger partial charge in [0.25, 0.3) is 0 Å². The lowest BCUT2D eigenvalue weighted by Crippen LogP contribution is -2.07. The maximum absolute atomic E-state index is 11.7. The first-order valence-corrected chi connectivity index (χ1v) is 7.08. The normalized spacial score (nSPS) is 10.5. The molecule has 3 rings (SSSR count). The lowest BCUT2D eigenvalue weighted by molar-refractivity contribution is 0.0521. The van der Waals surface area contributed by atoms with E-state index in [4.69, 9.17) is 9.47 Å². The van der Waals surface area contributed by atoms with E-state index < -0.39 is 5.97 Å². The quantitative estimate of drug-likeness (QED) is 0.697. The summed E-state index contributed by atoms with van der Waals surface area (Å²) in [5.41, 5.74) is 1.73. The zero-order valence-electron chi connectivity index (χ0n) is 12.5. The van der Waals surface area contributed by atoms with Crippen molar-refractivity contribution in [2.24, 2.45) is 0 Å². The molecule has 23 heavy (non-hydrogen) atoms. The van der Waals surface area contributed by atoms with Crippen LogP contribution in [0, 0.1) is 0 Å². The number of carbonyl (C=O) groups excluding carboxylic acids is 1. The number of carbonyl (C=O) groups is 1. The molecule has 0 fully saturated rings. The van der Waals surface area contributed by atoms with Gasteiger partial charge in [0.15, 0.2) is 0 Å². The van der Waals surface area contributed by atoms with Crippen LogP contribution in [-0.2, 0) is 11.3 Å². The SMILES string of the molecule is CCOC(=O)c1cn[nH]c1OCc1cnn(-c2ccccc2)n1. The molecule has 0 spiro atoms. The Morgan fingerprint density at radius 2 is 2.09 bits per heavy atom. The third kappa shape index (κ3) is 3.37. The Kier molecular flexibility index (Phi) is 4.32. The molecule has 0 aliphatic rings. The van der Waals surface area contributed by atoms with Crippen molar-refractivity contribution in [2.75, 3.05) is 6.61 Å². The van der Waals surface area contributed by atoms with Gasteiger partial charge in [-0.15, -0.1) is 5.10 Å². The van der Waals surface area contributed by atoms with Gasteiger partial charge >= 0.3 is 5.97 Å². The average Bonchev–Trinajstić information content (AvgIpc) is 3.23. The van der Waals surface area contributed by atoms with Gasteiger partial charge in [-0.2, -0.15) is 15.0 Å². The molecule has 118 valence electrons. The van der Waals surface area contributed by atoms with Gasteiger partial charge in [-0.05, 0) is 19.1 Å². The first kappa shape index (κ1) is 14.8. The van der Waals surface area contributed by atoms with Gasteiger partial charge in [-0.3, -0.25) is 0 Å². The van der Waals surface area contributed by atoms with E-state index in [0.29, 0.717) is 5.69 Å². The third-order valence-electron chi connectivity index (χ3n) is 2.99. The van der Waals surface area contributed by atoms with Gasteiger partial charge in [-0.1, -0.05) is 18.2 Å². The number of H-pyrrole nitrogens is 1. The van der Waals surface area contributed by atoms with Crippen LogP contribution >= 0.6 is 0 Å². The van der Waals surface area contributed by atoms with E-state index in [2.05, 4.69) is 20.4 Å². The molecule has 0 saturated carbocycles. The molecule has 0 atom stereocenters. The Labute approximate surface area is 132 Å². The predicted molar refractivity (Wildman–Crippen MR) is 80.2 cm³/mol. The molecule has 8 heteroatoms. The Morgan fingerprint density at radius 1 is 1.26 bits per heavy atom. The summed E-state index contributed by atoms with van der Waals surface area (Å²) < 4.78 is 10.5. The van der Waals surface area contributed by atoms with Crippen LogP contribution in [0.2, 0.25) is 0 Å². The molecule has 1 N–H and O–H groups in total. The summed E-state index contributed by atoms with van der Waals surface area (Å²) in [7, 11) is 0. The van der Waals surface area contributed by atoms with Crippen LogP contribution in [0.15, 0.2) is 42.7 Å². The molecule has 2 aromatic heterocycles. The molecule has 0 bridgehead atoms. The van der Waals surface area contributed by atoms with E-state index in [1.54, 1.807) is 13.1 Å². The molecule has 0 amide bonds. The van der Waals surface area contributed by atoms with Gasteiger partial charge in [0.1, 0.15) is 17.9 Å². The minimum atomic E-state index is -0.482. The number of nitrogens with one attached hydrogen (secondary N) is 1. The zero-order chi connectivity index (χ0) is 16.1. The molecule has 0 unspecified atom stereocenters. The van der Waals surface area contributed by atoms with E-state index in [-0.39, 0.29) is 24.7 Å². The monoisotopic (exact) mass is 313 g/mol. The van der Waals surface area contributed by atoms with Crippen molar-refractivity contribution in [3.63, 3.8) is 0 Å². The maximum Gasteiger partial charge on any atom is 0.345 e. The number of aromatic nitrogens is 5. The molecule has 3 aromatic rings. The van der Waals surface area contributed by atoms with Gasteiger partial charge in [-0.25, -0.2) is 9.89 Å². The van der Waals surface area contributed by atoms with Crippen LogP contribution < -0.4 is 4.74 Å². The number of rotatable bonds is 6. The molecular weight excluding hydrogens is 298 g/mol. The minimum Gasteiger partial charge on any atom is -0.471 e. The summed E-state index contributed by atoms with van der Waals surface area (Å²) in [4.78, 5) is 13.2. The van der Waals surface area contributed by atoms with Crippen molar-refractivity contribution < 1.29 is 14.3 Å². The van der Waals surface area contributed by atoms with Gasteiger partial charge < -0.3 is 9.47 Å². The number of ether oxygens (including phenoxy) is 2. The molecule has 0 radical (unpaired) electrons. The fourth-order valence-corrected chi connectivity index (χ4v) is 1.93. The van der Waals surface area contributed by atoms with Gasteiger partial charge in [0.05, 0.1) is 24.7 Å². The number of nitrogens with zero attached hydrogens (tertiary/aromatic N) is 4. The van der Waals surface area contributed by atoms with Crippen LogP contribution in [-0.4, -0.2) is 37.8 Å². The second-order valence-corrected chi connectivity index (χ2v) is 4.58. The van der Waals surface area contributed by atoms with E-state index in [1.807, 2.05) is 30.3 Å². The summed E-state index contributed by atoms with van der Waals surface area (Å²) in [6.07, 6.45) is 2.97. The van der Waals surface area contributed by atoms with Gasteiger partial charge in [0.2, 0.25) is 5.88 Å². The summed E-state index contributed by atoms with van der Waals surface area (Å²) in [6.45, 7) is 2.18. The van der Waals surface area contributed by atoms with Crippen LogP contribution in [0.4, 0.5) is 0 Å². The lowest BCUT2D eigenvalue weighted by Gasteiger charge is -2.04. The number of hydrogen-bond acceptors (Lipinski definition) is 6. The highest BCUT2D eigenvalue weighted by Crippen LogP contribution is 2.16. The zero-order valence-corrected chi connectivity index (χ0v) is 12.5. The number of esters is 1. The van der Waals surface area contributed by atoms with Crippen molar-refractivity contribution in [3.8, 4) is 11.6 Å². The second-order valence-electron chi connectivity index (χ2n) is 4.58. The van der Waals surface area contributed by atoms with Crippen LogP contribution in [0.25, 0.3) is 5.69 Å². The Balaban J connectivity index is 1.67. The first-order valence-electron chi connectivity index (χ1n) is 7.08. The fourth-order valence-electron chi connectivity index (χ4n) is 1.93. The van der Waals surface area contributed by atoms with Crippen LogP contribution in [0.5, 0.6) is 5.88 Å². The van der Waals surface area contributed by atoms with Gasteiger partial charge in [0, 0.05) is 0 Å². The molecule has 8 nitrogen and oxygen atoms in total. The lowest BCUT2D eigenvalue weighted by atomic mass is 10.3. The summed E-state index contributed by atoms with van der Waals surface area (Å²) in [5, 5.41) is 14.9. The second kappa shape index (κ2) is 6.73. The highest BCUT2D eigenvalue weighted by atomic mass is 16.5. The van der Waals surface area contributed by atoms with Crippen molar-refractivity contribution in [1.29, 1.82) is 0 Å². The largest absolute Gasteiger partial charge is 0.471 e. The third-order valence-corrected chi connectivity index (χ3v) is 2.99. The summed E-state index contributed by atoms with van der Waals surface area (Å²) >= 11 is 0. The Hall–Kier alpha value is -3.16. The van der Waals surface area contributed by atoms with Crippen molar-refractivity contribution in [3.05, 3.63) is 54.0 Å².